The fourth-order valence-electron chi connectivity index (χ4n) is 0.887. The normalized spacial score (nSPS) is 20.8. The maximum atomic E-state index is 10.9. The lowest BCUT2D eigenvalue weighted by atomic mass is 10.3. The number of ketones is 1. The van der Waals surface area contributed by atoms with Gasteiger partial charge in [-0.1, -0.05) is 6.58 Å². The van der Waals surface area contributed by atoms with E-state index in [1.807, 2.05) is 0 Å². The number of urea groups is 1. The Morgan fingerprint density at radius 2 is 2.36 bits per heavy atom. The number of hydrogen-bond donors (Lipinski definition) is 1. The van der Waals surface area contributed by atoms with Gasteiger partial charge in [-0.25, -0.2) is 4.79 Å². The summed E-state index contributed by atoms with van der Waals surface area (Å²) in [5, 5.41) is 2.44. The van der Waals surface area contributed by atoms with Crippen LogP contribution in [0.25, 0.3) is 0 Å². The van der Waals surface area contributed by atoms with E-state index in [4.69, 9.17) is 0 Å². The summed E-state index contributed by atoms with van der Waals surface area (Å²) < 4.78 is 0. The molecule has 1 aliphatic heterocycles. The Hall–Kier alpha value is -1.32. The first-order valence-electron chi connectivity index (χ1n) is 3.35. The van der Waals surface area contributed by atoms with Gasteiger partial charge >= 0.3 is 6.03 Å². The van der Waals surface area contributed by atoms with Crippen molar-refractivity contribution in [1.29, 1.82) is 0 Å². The van der Waals surface area contributed by atoms with E-state index in [-0.39, 0.29) is 17.9 Å². The van der Waals surface area contributed by atoms with Crippen molar-refractivity contribution in [3.8, 4) is 0 Å². The van der Waals surface area contributed by atoms with Gasteiger partial charge < -0.3 is 10.2 Å². The van der Waals surface area contributed by atoms with Crippen LogP contribution < -0.4 is 5.32 Å². The Balaban J connectivity index is 2.43. The largest absolute Gasteiger partial charge is 0.341 e. The number of amides is 2. The summed E-state index contributed by atoms with van der Waals surface area (Å²) in [5.41, 5.74) is 0. The van der Waals surface area contributed by atoms with Crippen LogP contribution in [0.3, 0.4) is 0 Å². The molecule has 4 heteroatoms. The number of carbonyl (C=O) groups is 2. The van der Waals surface area contributed by atoms with E-state index in [1.54, 1.807) is 0 Å². The molecule has 0 saturated carbocycles. The van der Waals surface area contributed by atoms with Crippen LogP contribution in [-0.4, -0.2) is 36.3 Å². The highest BCUT2D eigenvalue weighted by Gasteiger charge is 2.42. The van der Waals surface area contributed by atoms with Gasteiger partial charge in [0.15, 0.2) is 5.78 Å². The molecular formula is C7H10N2O2. The summed E-state index contributed by atoms with van der Waals surface area (Å²) in [4.78, 5) is 23.1. The Morgan fingerprint density at radius 3 is 2.82 bits per heavy atom. The second-order valence-electron chi connectivity index (χ2n) is 2.33. The van der Waals surface area contributed by atoms with Gasteiger partial charge in [-0.05, 0) is 6.08 Å². The smallest absolute Gasteiger partial charge is 0.317 e. The third-order valence-electron chi connectivity index (χ3n) is 1.62. The highest BCUT2D eigenvalue weighted by atomic mass is 16.2. The third-order valence-corrected chi connectivity index (χ3v) is 1.62. The standard InChI is InChI=1S/C7H10N2O2/c1-3-6(10)5-4-9(5)7(11)8-2/h3,5H,1,4H2,2H3,(H,8,11). The molecule has 1 N–H and O–H groups in total. The van der Waals surface area contributed by atoms with Gasteiger partial charge in [0, 0.05) is 7.05 Å². The van der Waals surface area contributed by atoms with Crippen molar-refractivity contribution < 1.29 is 9.59 Å². The maximum absolute atomic E-state index is 10.9. The van der Waals surface area contributed by atoms with E-state index in [0.29, 0.717) is 6.54 Å². The SMILES string of the molecule is C=CC(=O)C1CN1C(=O)NC. The maximum Gasteiger partial charge on any atom is 0.317 e. The molecule has 1 rings (SSSR count). The summed E-state index contributed by atoms with van der Waals surface area (Å²) >= 11 is 0. The molecule has 1 fully saturated rings. The number of carbonyl (C=O) groups excluding carboxylic acids is 2. The van der Waals surface area contributed by atoms with E-state index >= 15 is 0 Å². The molecule has 1 atom stereocenters. The van der Waals surface area contributed by atoms with Crippen molar-refractivity contribution in [2.75, 3.05) is 13.6 Å². The van der Waals surface area contributed by atoms with Crippen LogP contribution in [0.15, 0.2) is 12.7 Å². The zero-order chi connectivity index (χ0) is 8.43. The molecule has 1 heterocycles. The van der Waals surface area contributed by atoms with Gasteiger partial charge in [-0.15, -0.1) is 0 Å². The minimum absolute atomic E-state index is 0.0893. The van der Waals surface area contributed by atoms with Crippen LogP contribution in [0.5, 0.6) is 0 Å². The van der Waals surface area contributed by atoms with Crippen LogP contribution in [0.1, 0.15) is 0 Å². The number of rotatable bonds is 2. The number of hydrogen-bond acceptors (Lipinski definition) is 2. The monoisotopic (exact) mass is 154 g/mol. The third kappa shape index (κ3) is 1.39. The minimum Gasteiger partial charge on any atom is -0.341 e. The number of nitrogens with zero attached hydrogens (tertiary/aromatic N) is 1. The van der Waals surface area contributed by atoms with Crippen molar-refractivity contribution in [2.45, 2.75) is 6.04 Å². The quantitative estimate of drug-likeness (QED) is 0.441. The lowest BCUT2D eigenvalue weighted by Crippen LogP contribution is -2.27. The molecule has 0 aromatic rings. The molecule has 2 amide bonds. The molecule has 0 bridgehead atoms. The fraction of sp³-hybridized carbons (Fsp3) is 0.429. The summed E-state index contributed by atoms with van der Waals surface area (Å²) in [5.74, 6) is -0.0893. The van der Waals surface area contributed by atoms with Gasteiger partial charge in [0.25, 0.3) is 0 Å². The predicted octanol–water partition coefficient (Wildman–Crippen LogP) is -0.235. The summed E-state index contributed by atoms with van der Waals surface area (Å²) in [7, 11) is 1.54. The Bertz CT molecular complexity index is 212. The minimum atomic E-state index is -0.257. The highest BCUT2D eigenvalue weighted by Crippen LogP contribution is 2.17. The molecule has 0 aromatic carbocycles. The second-order valence-corrected chi connectivity index (χ2v) is 2.33. The summed E-state index contributed by atoms with van der Waals surface area (Å²) in [6.45, 7) is 3.85. The molecule has 1 aliphatic rings. The molecular weight excluding hydrogens is 144 g/mol. The van der Waals surface area contributed by atoms with Gasteiger partial charge in [0.2, 0.25) is 0 Å². The number of nitrogens with one attached hydrogen (secondary N) is 1. The van der Waals surface area contributed by atoms with E-state index in [2.05, 4.69) is 11.9 Å². The molecule has 0 radical (unpaired) electrons. The molecule has 0 spiro atoms. The first kappa shape index (κ1) is 7.78. The zero-order valence-electron chi connectivity index (χ0n) is 6.33. The first-order valence-corrected chi connectivity index (χ1v) is 3.35. The van der Waals surface area contributed by atoms with Crippen LogP contribution in [-0.2, 0) is 4.79 Å². The lowest BCUT2D eigenvalue weighted by Gasteiger charge is -1.99. The second kappa shape index (κ2) is 2.74. The molecule has 60 valence electrons. The fourth-order valence-corrected chi connectivity index (χ4v) is 0.887. The molecule has 1 unspecified atom stereocenters. The van der Waals surface area contributed by atoms with E-state index in [1.165, 1.54) is 18.0 Å². The topological polar surface area (TPSA) is 49.2 Å². The van der Waals surface area contributed by atoms with Crippen molar-refractivity contribution >= 4 is 11.8 Å². The van der Waals surface area contributed by atoms with Crippen LogP contribution >= 0.6 is 0 Å². The van der Waals surface area contributed by atoms with Crippen molar-refractivity contribution in [2.24, 2.45) is 0 Å². The van der Waals surface area contributed by atoms with E-state index < -0.39 is 0 Å². The van der Waals surface area contributed by atoms with Gasteiger partial charge in [0.1, 0.15) is 6.04 Å². The zero-order valence-corrected chi connectivity index (χ0v) is 6.33. The molecule has 11 heavy (non-hydrogen) atoms. The average Bonchev–Trinajstić information content (AvgIpc) is 2.80. The van der Waals surface area contributed by atoms with Crippen LogP contribution in [0, 0.1) is 0 Å². The molecule has 0 aliphatic carbocycles. The highest BCUT2D eigenvalue weighted by molar-refractivity contribution is 5.99. The Kier molecular flexibility index (Phi) is 1.94. The van der Waals surface area contributed by atoms with Gasteiger partial charge in [0.05, 0.1) is 6.54 Å². The lowest BCUT2D eigenvalue weighted by molar-refractivity contribution is -0.114. The van der Waals surface area contributed by atoms with Crippen molar-refractivity contribution in [3.05, 3.63) is 12.7 Å². The first-order chi connectivity index (χ1) is 5.20. The molecule has 0 aromatic heterocycles. The summed E-state index contributed by atoms with van der Waals surface area (Å²) in [6, 6.07) is -0.461. The van der Waals surface area contributed by atoms with Crippen molar-refractivity contribution in [1.82, 2.24) is 10.2 Å². The Labute approximate surface area is 64.9 Å². The van der Waals surface area contributed by atoms with E-state index in [9.17, 15) is 9.59 Å². The van der Waals surface area contributed by atoms with Crippen LogP contribution in [0.4, 0.5) is 4.79 Å². The van der Waals surface area contributed by atoms with E-state index in [0.717, 1.165) is 0 Å². The van der Waals surface area contributed by atoms with Gasteiger partial charge in [-0.2, -0.15) is 0 Å². The average molecular weight is 154 g/mol. The van der Waals surface area contributed by atoms with Crippen molar-refractivity contribution in [3.63, 3.8) is 0 Å². The Morgan fingerprint density at radius 1 is 1.73 bits per heavy atom. The molecule has 1 saturated heterocycles. The van der Waals surface area contributed by atoms with Crippen LogP contribution in [0.2, 0.25) is 0 Å². The predicted molar refractivity (Wildman–Crippen MR) is 40.2 cm³/mol. The summed E-state index contributed by atoms with van der Waals surface area (Å²) in [6.07, 6.45) is 1.24. The van der Waals surface area contributed by atoms with Gasteiger partial charge in [-0.3, -0.25) is 4.79 Å². The molecule has 4 nitrogen and oxygen atoms in total.